The molecule has 1 atom stereocenters. The summed E-state index contributed by atoms with van der Waals surface area (Å²) in [5.41, 5.74) is 1.12. The average Bonchev–Trinajstić information content (AvgIpc) is 3.03. The van der Waals surface area contributed by atoms with E-state index >= 15 is 0 Å². The Labute approximate surface area is 127 Å². The quantitative estimate of drug-likeness (QED) is 0.891. The van der Waals surface area contributed by atoms with Crippen molar-refractivity contribution in [2.24, 2.45) is 7.05 Å². The molecule has 1 N–H and O–H groups in total. The third-order valence-electron chi connectivity index (χ3n) is 3.55. The Morgan fingerprint density at radius 3 is 2.82 bits per heavy atom. The summed E-state index contributed by atoms with van der Waals surface area (Å²) in [7, 11) is 1.82. The maximum absolute atomic E-state index is 12.5. The number of nitriles is 1. The normalized spacial score (nSPS) is 17.6. The number of hydrogen-bond donors (Lipinski definition) is 1. The molecule has 8 heteroatoms. The minimum Gasteiger partial charge on any atom is -0.357 e. The molecule has 0 bridgehead atoms. The molecular weight excluding hydrogens is 282 g/mol. The van der Waals surface area contributed by atoms with Gasteiger partial charge in [0.15, 0.2) is 5.69 Å². The number of anilines is 2. The summed E-state index contributed by atoms with van der Waals surface area (Å²) < 4.78 is 1.71. The van der Waals surface area contributed by atoms with Crippen molar-refractivity contribution in [2.45, 2.75) is 19.4 Å². The molecule has 2 aromatic heterocycles. The van der Waals surface area contributed by atoms with Gasteiger partial charge in [0.2, 0.25) is 0 Å². The zero-order valence-electron chi connectivity index (χ0n) is 12.3. The Kier molecular flexibility index (Phi) is 3.47. The second-order valence-electron chi connectivity index (χ2n) is 5.14. The van der Waals surface area contributed by atoms with Gasteiger partial charge in [0, 0.05) is 19.7 Å². The lowest BCUT2D eigenvalue weighted by atomic mass is 10.2. The summed E-state index contributed by atoms with van der Waals surface area (Å²) in [6, 6.07) is 3.45. The molecule has 112 valence electrons. The molecule has 3 heterocycles. The van der Waals surface area contributed by atoms with Crippen LogP contribution in [0.5, 0.6) is 0 Å². The summed E-state index contributed by atoms with van der Waals surface area (Å²) in [6.45, 7) is 2.52. The topological polar surface area (TPSA) is 99.7 Å². The molecule has 1 amide bonds. The van der Waals surface area contributed by atoms with Gasteiger partial charge in [-0.3, -0.25) is 14.4 Å². The average molecular weight is 297 g/mol. The molecule has 8 nitrogen and oxygen atoms in total. The number of hydrogen-bond acceptors (Lipinski definition) is 6. The first kappa shape index (κ1) is 14.0. The van der Waals surface area contributed by atoms with Crippen molar-refractivity contribution < 1.29 is 4.79 Å². The number of carbonyl (C=O) groups excluding carboxylic acids is 1. The highest BCUT2D eigenvalue weighted by molar-refractivity contribution is 6.00. The van der Waals surface area contributed by atoms with Crippen molar-refractivity contribution in [2.75, 3.05) is 16.8 Å². The number of nitrogens with one attached hydrogen (secondary N) is 1. The van der Waals surface area contributed by atoms with Crippen LogP contribution in [0.2, 0.25) is 0 Å². The molecule has 0 aliphatic carbocycles. The van der Waals surface area contributed by atoms with Crippen LogP contribution in [-0.4, -0.2) is 38.2 Å². The van der Waals surface area contributed by atoms with E-state index in [9.17, 15) is 4.79 Å². The second kappa shape index (κ2) is 5.44. The molecule has 22 heavy (non-hydrogen) atoms. The van der Waals surface area contributed by atoms with E-state index in [1.54, 1.807) is 9.58 Å². The summed E-state index contributed by atoms with van der Waals surface area (Å²) in [6.07, 6.45) is 3.51. The fourth-order valence-electron chi connectivity index (χ4n) is 2.53. The predicted octanol–water partition coefficient (Wildman–Crippen LogP) is 0.608. The molecule has 3 rings (SSSR count). The van der Waals surface area contributed by atoms with Gasteiger partial charge in [-0.15, -0.1) is 0 Å². The molecule has 1 aliphatic rings. The molecule has 0 radical (unpaired) electrons. The number of aryl methyl sites for hydroxylation is 2. The van der Waals surface area contributed by atoms with E-state index in [-0.39, 0.29) is 17.6 Å². The Hall–Kier alpha value is -2.95. The number of rotatable bonds is 3. The van der Waals surface area contributed by atoms with Crippen LogP contribution >= 0.6 is 0 Å². The van der Waals surface area contributed by atoms with Gasteiger partial charge < -0.3 is 5.32 Å². The van der Waals surface area contributed by atoms with Gasteiger partial charge in [-0.1, -0.05) is 0 Å². The van der Waals surface area contributed by atoms with E-state index in [1.165, 1.54) is 12.4 Å². The lowest BCUT2D eigenvalue weighted by molar-refractivity contribution is -0.117. The van der Waals surface area contributed by atoms with E-state index in [4.69, 9.17) is 5.26 Å². The molecule has 0 spiro atoms. The van der Waals surface area contributed by atoms with Crippen molar-refractivity contribution in [3.8, 4) is 6.07 Å². The lowest BCUT2D eigenvalue weighted by Gasteiger charge is -2.17. The van der Waals surface area contributed by atoms with Crippen molar-refractivity contribution in [3.05, 3.63) is 29.8 Å². The summed E-state index contributed by atoms with van der Waals surface area (Å²) >= 11 is 0. The Morgan fingerprint density at radius 1 is 1.41 bits per heavy atom. The highest BCUT2D eigenvalue weighted by Crippen LogP contribution is 2.23. The molecule has 2 aromatic rings. The second-order valence-corrected chi connectivity index (χ2v) is 5.14. The molecule has 0 saturated carbocycles. The summed E-state index contributed by atoms with van der Waals surface area (Å²) in [4.78, 5) is 22.2. The van der Waals surface area contributed by atoms with Gasteiger partial charge in [-0.05, 0) is 13.3 Å². The SMILES string of the molecule is Cc1cc(N2CCC(Nc3cnc(C#N)cn3)C2=O)n(C)n1. The zero-order valence-corrected chi connectivity index (χ0v) is 12.3. The summed E-state index contributed by atoms with van der Waals surface area (Å²) in [5.74, 6) is 1.26. The van der Waals surface area contributed by atoms with Crippen molar-refractivity contribution >= 4 is 17.5 Å². The molecule has 1 saturated heterocycles. The van der Waals surface area contributed by atoms with Crippen LogP contribution in [0, 0.1) is 18.3 Å². The fraction of sp³-hybridized carbons (Fsp3) is 0.357. The Bertz CT molecular complexity index is 744. The van der Waals surface area contributed by atoms with E-state index in [2.05, 4.69) is 20.4 Å². The smallest absolute Gasteiger partial charge is 0.250 e. The summed E-state index contributed by atoms with van der Waals surface area (Å²) in [5, 5.41) is 16.0. The monoisotopic (exact) mass is 297 g/mol. The number of carbonyl (C=O) groups is 1. The molecular formula is C14H15N7O. The number of amides is 1. The Morgan fingerprint density at radius 2 is 2.23 bits per heavy atom. The molecule has 1 fully saturated rings. The van der Waals surface area contributed by atoms with E-state index in [1.807, 2.05) is 26.1 Å². The van der Waals surface area contributed by atoms with Crippen molar-refractivity contribution in [1.29, 1.82) is 5.26 Å². The van der Waals surface area contributed by atoms with E-state index in [0.717, 1.165) is 11.5 Å². The molecule has 1 unspecified atom stereocenters. The van der Waals surface area contributed by atoms with Crippen LogP contribution < -0.4 is 10.2 Å². The third-order valence-corrected chi connectivity index (χ3v) is 3.55. The lowest BCUT2D eigenvalue weighted by Crippen LogP contribution is -2.34. The van der Waals surface area contributed by atoms with Crippen LogP contribution in [-0.2, 0) is 11.8 Å². The van der Waals surface area contributed by atoms with Crippen LogP contribution in [0.3, 0.4) is 0 Å². The van der Waals surface area contributed by atoms with Crippen LogP contribution in [0.1, 0.15) is 17.8 Å². The van der Waals surface area contributed by atoms with Crippen molar-refractivity contribution in [3.63, 3.8) is 0 Å². The van der Waals surface area contributed by atoms with Crippen LogP contribution in [0.25, 0.3) is 0 Å². The van der Waals surface area contributed by atoms with E-state index in [0.29, 0.717) is 18.8 Å². The molecule has 0 aromatic carbocycles. The number of aromatic nitrogens is 4. The minimum atomic E-state index is -0.350. The van der Waals surface area contributed by atoms with Gasteiger partial charge in [0.05, 0.1) is 18.1 Å². The van der Waals surface area contributed by atoms with Gasteiger partial charge in [0.25, 0.3) is 5.91 Å². The van der Waals surface area contributed by atoms with Gasteiger partial charge in [0.1, 0.15) is 23.7 Å². The zero-order chi connectivity index (χ0) is 15.7. The van der Waals surface area contributed by atoms with Crippen LogP contribution in [0.4, 0.5) is 11.6 Å². The van der Waals surface area contributed by atoms with Gasteiger partial charge in [-0.2, -0.15) is 10.4 Å². The number of nitrogens with zero attached hydrogens (tertiary/aromatic N) is 6. The standard InChI is InChI=1S/C14H15N7O/c1-9-5-13(20(2)19-9)21-4-3-11(14(21)22)18-12-8-16-10(6-15)7-17-12/h5,7-8,11H,3-4H2,1-2H3,(H,17,18). The van der Waals surface area contributed by atoms with Crippen LogP contribution in [0.15, 0.2) is 18.5 Å². The highest BCUT2D eigenvalue weighted by atomic mass is 16.2. The van der Waals surface area contributed by atoms with Gasteiger partial charge >= 0.3 is 0 Å². The van der Waals surface area contributed by atoms with Gasteiger partial charge in [-0.25, -0.2) is 9.97 Å². The van der Waals surface area contributed by atoms with E-state index < -0.39 is 0 Å². The first-order valence-corrected chi connectivity index (χ1v) is 6.89. The first-order chi connectivity index (χ1) is 10.6. The predicted molar refractivity (Wildman–Crippen MR) is 79.1 cm³/mol. The Balaban J connectivity index is 1.73. The largest absolute Gasteiger partial charge is 0.357 e. The maximum Gasteiger partial charge on any atom is 0.250 e. The fourth-order valence-corrected chi connectivity index (χ4v) is 2.53. The third kappa shape index (κ3) is 2.48. The van der Waals surface area contributed by atoms with Crippen molar-refractivity contribution in [1.82, 2.24) is 19.7 Å². The first-order valence-electron chi connectivity index (χ1n) is 6.89. The highest BCUT2D eigenvalue weighted by Gasteiger charge is 2.34. The minimum absolute atomic E-state index is 0.0193. The molecule has 1 aliphatic heterocycles. The maximum atomic E-state index is 12.5.